The van der Waals surface area contributed by atoms with E-state index in [2.05, 4.69) is 14.8 Å². The summed E-state index contributed by atoms with van der Waals surface area (Å²) in [4.78, 5) is 28.0. The molecule has 0 saturated carbocycles. The molecule has 0 fully saturated rings. The van der Waals surface area contributed by atoms with Gasteiger partial charge in [0, 0.05) is 18.1 Å². The van der Waals surface area contributed by atoms with E-state index in [1.807, 2.05) is 19.2 Å². The number of carbonyl (C=O) groups is 2. The molecule has 0 unspecified atom stereocenters. The fourth-order valence-electron chi connectivity index (χ4n) is 2.07. The van der Waals surface area contributed by atoms with Crippen LogP contribution in [0.2, 0.25) is 0 Å². The first-order chi connectivity index (χ1) is 11.5. The maximum atomic E-state index is 11.9. The molecule has 2 aromatic heterocycles. The minimum absolute atomic E-state index is 0.0380. The number of esters is 2. The summed E-state index contributed by atoms with van der Waals surface area (Å²) >= 11 is 1.47. The zero-order chi connectivity index (χ0) is 17.7. The number of hydrogen-bond donors (Lipinski definition) is 0. The molecule has 0 amide bonds. The zero-order valence-electron chi connectivity index (χ0n) is 13.9. The Kier molecular flexibility index (Phi) is 6.04. The van der Waals surface area contributed by atoms with Gasteiger partial charge in [-0.25, -0.2) is 14.6 Å². The van der Waals surface area contributed by atoms with Crippen LogP contribution in [0.5, 0.6) is 0 Å². The summed E-state index contributed by atoms with van der Waals surface area (Å²) < 4.78 is 16.2. The maximum absolute atomic E-state index is 11.9. The topological polar surface area (TPSA) is 92.5 Å². The van der Waals surface area contributed by atoms with E-state index < -0.39 is 11.9 Å². The summed E-state index contributed by atoms with van der Waals surface area (Å²) in [6, 6.07) is 1.34. The van der Waals surface area contributed by atoms with Gasteiger partial charge < -0.3 is 14.2 Å². The summed E-state index contributed by atoms with van der Waals surface area (Å²) in [5.74, 6) is -1.21. The molecule has 2 aromatic rings. The van der Waals surface area contributed by atoms with Crippen LogP contribution in [0.15, 0.2) is 11.4 Å². The highest BCUT2D eigenvalue weighted by atomic mass is 32.1. The first-order valence-electron chi connectivity index (χ1n) is 7.30. The van der Waals surface area contributed by atoms with Crippen molar-refractivity contribution in [3.63, 3.8) is 0 Å². The number of rotatable bonds is 7. The van der Waals surface area contributed by atoms with E-state index in [1.165, 1.54) is 36.3 Å². The van der Waals surface area contributed by atoms with Crippen molar-refractivity contribution in [2.45, 2.75) is 26.5 Å². The van der Waals surface area contributed by atoms with Crippen molar-refractivity contribution in [3.05, 3.63) is 33.5 Å². The first kappa shape index (κ1) is 18.1. The predicted octanol–water partition coefficient (Wildman–Crippen LogP) is 2.06. The van der Waals surface area contributed by atoms with Crippen LogP contribution in [-0.4, -0.2) is 47.5 Å². The highest BCUT2D eigenvalue weighted by molar-refractivity contribution is 7.09. The van der Waals surface area contributed by atoms with Crippen molar-refractivity contribution in [2.24, 2.45) is 0 Å². The molecule has 0 aliphatic rings. The number of hydrogen-bond acceptors (Lipinski definition) is 8. The lowest BCUT2D eigenvalue weighted by molar-refractivity contribution is 0.0581. The van der Waals surface area contributed by atoms with Gasteiger partial charge in [-0.2, -0.15) is 5.10 Å². The molecule has 0 spiro atoms. The van der Waals surface area contributed by atoms with Crippen LogP contribution in [-0.2, 0) is 20.8 Å². The summed E-state index contributed by atoms with van der Waals surface area (Å²) in [5.41, 5.74) is 0.910. The van der Waals surface area contributed by atoms with Crippen molar-refractivity contribution in [1.29, 1.82) is 0 Å². The Labute approximate surface area is 143 Å². The number of thiazole rings is 1. The van der Waals surface area contributed by atoms with E-state index in [0.29, 0.717) is 12.3 Å². The van der Waals surface area contributed by atoms with Gasteiger partial charge in [-0.15, -0.1) is 11.3 Å². The fraction of sp³-hybridized carbons (Fsp3) is 0.467. The second kappa shape index (κ2) is 8.02. The lowest BCUT2D eigenvalue weighted by atomic mass is 10.3. The molecule has 0 radical (unpaired) electrons. The third-order valence-corrected chi connectivity index (χ3v) is 4.27. The molecule has 8 nitrogen and oxygen atoms in total. The maximum Gasteiger partial charge on any atom is 0.358 e. The number of ether oxygens (including phenoxy) is 3. The highest BCUT2D eigenvalue weighted by Crippen LogP contribution is 2.22. The number of carbonyl (C=O) groups excluding carboxylic acids is 2. The first-order valence-corrected chi connectivity index (χ1v) is 8.18. The van der Waals surface area contributed by atoms with Crippen LogP contribution < -0.4 is 0 Å². The molecule has 2 rings (SSSR count). The van der Waals surface area contributed by atoms with E-state index in [9.17, 15) is 9.59 Å². The van der Waals surface area contributed by atoms with E-state index in [-0.39, 0.29) is 24.0 Å². The third-order valence-electron chi connectivity index (χ3n) is 3.21. The summed E-state index contributed by atoms with van der Waals surface area (Å²) in [7, 11) is 2.52. The molecular formula is C15H19N3O5S. The van der Waals surface area contributed by atoms with Gasteiger partial charge in [-0.1, -0.05) is 0 Å². The Morgan fingerprint density at radius 1 is 1.29 bits per heavy atom. The minimum Gasteiger partial charge on any atom is -0.464 e. The molecule has 2 heterocycles. The van der Waals surface area contributed by atoms with Gasteiger partial charge in [0.1, 0.15) is 16.8 Å². The smallest absolute Gasteiger partial charge is 0.358 e. The number of aromatic nitrogens is 3. The molecule has 0 N–H and O–H groups in total. The largest absolute Gasteiger partial charge is 0.464 e. The molecule has 0 aromatic carbocycles. The molecule has 9 heteroatoms. The molecule has 1 atom stereocenters. The molecule has 0 aliphatic heterocycles. The Balaban J connectivity index is 2.26. The van der Waals surface area contributed by atoms with Crippen LogP contribution in [0.25, 0.3) is 0 Å². The Morgan fingerprint density at radius 2 is 2.00 bits per heavy atom. The Bertz CT molecular complexity index is 725. The SMILES string of the molecule is CCO[C@H](C)c1nc(Cn2nc(C(=O)OC)cc2C(=O)OC)cs1. The second-order valence-corrected chi connectivity index (χ2v) is 5.72. The highest BCUT2D eigenvalue weighted by Gasteiger charge is 2.21. The lowest BCUT2D eigenvalue weighted by Crippen LogP contribution is -2.13. The monoisotopic (exact) mass is 353 g/mol. The lowest BCUT2D eigenvalue weighted by Gasteiger charge is -2.07. The van der Waals surface area contributed by atoms with Gasteiger partial charge in [0.15, 0.2) is 5.69 Å². The summed E-state index contributed by atoms with van der Waals surface area (Å²) in [6.45, 7) is 4.68. The molecule has 0 saturated heterocycles. The Morgan fingerprint density at radius 3 is 2.62 bits per heavy atom. The predicted molar refractivity (Wildman–Crippen MR) is 86.2 cm³/mol. The van der Waals surface area contributed by atoms with Gasteiger partial charge in [0.05, 0.1) is 26.5 Å². The average Bonchev–Trinajstić information content (AvgIpc) is 3.21. The van der Waals surface area contributed by atoms with E-state index in [0.717, 1.165) is 5.01 Å². The molecular weight excluding hydrogens is 334 g/mol. The van der Waals surface area contributed by atoms with Crippen LogP contribution in [0, 0.1) is 0 Å². The summed E-state index contributed by atoms with van der Waals surface area (Å²) in [6.07, 6.45) is -0.0999. The quantitative estimate of drug-likeness (QED) is 0.703. The number of methoxy groups -OCH3 is 2. The Hall–Kier alpha value is -2.26. The van der Waals surface area contributed by atoms with Crippen molar-refractivity contribution in [1.82, 2.24) is 14.8 Å². The van der Waals surface area contributed by atoms with E-state index >= 15 is 0 Å². The molecule has 0 bridgehead atoms. The molecule has 24 heavy (non-hydrogen) atoms. The van der Waals surface area contributed by atoms with E-state index in [1.54, 1.807) is 0 Å². The minimum atomic E-state index is -0.622. The van der Waals surface area contributed by atoms with Gasteiger partial charge in [-0.05, 0) is 13.8 Å². The standard InChI is InChI=1S/C15H19N3O5S/c1-5-23-9(2)13-16-10(8-24-13)7-18-12(15(20)22-4)6-11(17-18)14(19)21-3/h6,8-9H,5,7H2,1-4H3/t9-/m1/s1. The third kappa shape index (κ3) is 3.98. The normalized spacial score (nSPS) is 12.0. The van der Waals surface area contributed by atoms with Crippen molar-refractivity contribution in [3.8, 4) is 0 Å². The average molecular weight is 353 g/mol. The van der Waals surface area contributed by atoms with E-state index in [4.69, 9.17) is 9.47 Å². The van der Waals surface area contributed by atoms with Gasteiger partial charge in [-0.3, -0.25) is 4.68 Å². The van der Waals surface area contributed by atoms with Crippen molar-refractivity contribution >= 4 is 23.3 Å². The van der Waals surface area contributed by atoms with Crippen molar-refractivity contribution in [2.75, 3.05) is 20.8 Å². The fourth-order valence-corrected chi connectivity index (χ4v) is 2.88. The second-order valence-electron chi connectivity index (χ2n) is 4.83. The zero-order valence-corrected chi connectivity index (χ0v) is 14.8. The summed E-state index contributed by atoms with van der Waals surface area (Å²) in [5, 5.41) is 6.82. The molecule has 0 aliphatic carbocycles. The number of nitrogens with zero attached hydrogens (tertiary/aromatic N) is 3. The molecule has 130 valence electrons. The van der Waals surface area contributed by atoms with Gasteiger partial charge in [0.25, 0.3) is 0 Å². The van der Waals surface area contributed by atoms with Gasteiger partial charge in [0.2, 0.25) is 0 Å². The van der Waals surface area contributed by atoms with Crippen LogP contribution >= 0.6 is 11.3 Å². The van der Waals surface area contributed by atoms with Crippen molar-refractivity contribution < 1.29 is 23.8 Å². The van der Waals surface area contributed by atoms with Crippen LogP contribution in [0.3, 0.4) is 0 Å². The van der Waals surface area contributed by atoms with Gasteiger partial charge >= 0.3 is 11.9 Å². The van der Waals surface area contributed by atoms with Crippen LogP contribution in [0.4, 0.5) is 0 Å². The van der Waals surface area contributed by atoms with Crippen LogP contribution in [0.1, 0.15) is 51.6 Å².